The molecule has 0 amide bonds. The average molecular weight is 200 g/mol. The van der Waals surface area contributed by atoms with Crippen LogP contribution in [0.3, 0.4) is 0 Å². The molecule has 0 spiro atoms. The molecule has 0 aromatic rings. The predicted molar refractivity (Wildman–Crippen MR) is 60.2 cm³/mol. The zero-order chi connectivity index (χ0) is 10.7. The summed E-state index contributed by atoms with van der Waals surface area (Å²) in [5.41, 5.74) is 5.23. The molecule has 0 saturated carbocycles. The summed E-state index contributed by atoms with van der Waals surface area (Å²) in [6, 6.07) is 0. The van der Waals surface area contributed by atoms with E-state index < -0.39 is 0 Å². The van der Waals surface area contributed by atoms with E-state index in [0.29, 0.717) is 0 Å². The molecule has 0 atom stereocenters. The summed E-state index contributed by atoms with van der Waals surface area (Å²) in [5.74, 6) is 0. The van der Waals surface area contributed by atoms with E-state index in [2.05, 4.69) is 26.1 Å². The third kappa shape index (κ3) is 3.27. The number of likely N-dealkylation sites (N-methyl/N-ethyl adjacent to an activating group) is 2. The van der Waals surface area contributed by atoms with Gasteiger partial charge >= 0.3 is 0 Å². The van der Waals surface area contributed by atoms with Crippen molar-refractivity contribution in [2.45, 2.75) is 0 Å². The van der Waals surface area contributed by atoms with Gasteiger partial charge in [-0.2, -0.15) is 0 Å². The number of nitrogens with two attached hydrogens (primary N) is 1. The van der Waals surface area contributed by atoms with E-state index in [1.54, 1.807) is 0 Å². The molecule has 0 aromatic heterocycles. The Morgan fingerprint density at radius 3 is 2.21 bits per heavy atom. The van der Waals surface area contributed by atoms with Gasteiger partial charge in [0.05, 0.1) is 40.6 Å². The molecule has 4 heteroatoms. The van der Waals surface area contributed by atoms with E-state index in [1.165, 1.54) is 32.5 Å². The summed E-state index contributed by atoms with van der Waals surface area (Å²) in [7, 11) is 6.94. The Morgan fingerprint density at radius 2 is 1.71 bits per heavy atom. The van der Waals surface area contributed by atoms with Gasteiger partial charge in [-0.05, 0) is 0 Å². The largest absolute Gasteiger partial charge is 0.390 e. The molecule has 0 unspecified atom stereocenters. The number of rotatable bonds is 3. The van der Waals surface area contributed by atoms with Crippen molar-refractivity contribution < 1.29 is 8.97 Å². The van der Waals surface area contributed by atoms with Crippen molar-refractivity contribution in [3.8, 4) is 0 Å². The van der Waals surface area contributed by atoms with E-state index in [-0.39, 0.29) is 0 Å². The van der Waals surface area contributed by atoms with E-state index in [0.717, 1.165) is 22.1 Å². The second kappa shape index (κ2) is 4.28. The summed E-state index contributed by atoms with van der Waals surface area (Å²) in [6.45, 7) is 7.03. The summed E-state index contributed by atoms with van der Waals surface area (Å²) in [5, 5.41) is 0. The predicted octanol–water partition coefficient (Wildman–Crippen LogP) is -0.490. The minimum atomic E-state index is 0.862. The van der Waals surface area contributed by atoms with Gasteiger partial charge in [0.15, 0.2) is 0 Å². The highest BCUT2D eigenvalue weighted by Crippen LogP contribution is 2.12. The van der Waals surface area contributed by atoms with Gasteiger partial charge in [-0.1, -0.05) is 0 Å². The molecule has 1 fully saturated rings. The summed E-state index contributed by atoms with van der Waals surface area (Å²) < 4.78 is 2.31. The highest BCUT2D eigenvalue weighted by atomic mass is 15.4. The standard InChI is InChI=1S/C10H24N4/c1-13(2)6-8-14(3,9-7-13)5-4-12-10-11/h10H,4-9H2,1-3H3,(H2,11,12)/q+2. The van der Waals surface area contributed by atoms with E-state index in [4.69, 9.17) is 5.73 Å². The molecule has 0 aromatic carbocycles. The quantitative estimate of drug-likeness (QED) is 0.373. The maximum atomic E-state index is 5.23. The molecule has 1 aliphatic heterocycles. The van der Waals surface area contributed by atoms with Gasteiger partial charge in [0.1, 0.15) is 26.2 Å². The van der Waals surface area contributed by atoms with Crippen LogP contribution >= 0.6 is 0 Å². The monoisotopic (exact) mass is 200 g/mol. The maximum Gasteiger partial charge on any atom is 0.128 e. The highest BCUT2D eigenvalue weighted by Gasteiger charge is 2.33. The minimum Gasteiger partial charge on any atom is -0.390 e. The van der Waals surface area contributed by atoms with Gasteiger partial charge in [-0.3, -0.25) is 4.99 Å². The van der Waals surface area contributed by atoms with Crippen LogP contribution in [0.5, 0.6) is 0 Å². The van der Waals surface area contributed by atoms with E-state index in [1.807, 2.05) is 0 Å². The Bertz CT molecular complexity index is 200. The Kier molecular flexibility index (Phi) is 3.50. The topological polar surface area (TPSA) is 38.4 Å². The molecule has 0 radical (unpaired) electrons. The number of piperazine rings is 1. The van der Waals surface area contributed by atoms with Crippen LogP contribution in [0.15, 0.2) is 4.99 Å². The van der Waals surface area contributed by atoms with Gasteiger partial charge in [0.25, 0.3) is 0 Å². The van der Waals surface area contributed by atoms with Crippen LogP contribution in [0.1, 0.15) is 0 Å². The van der Waals surface area contributed by atoms with Crippen LogP contribution in [0.4, 0.5) is 0 Å². The molecule has 1 aliphatic rings. The summed E-state index contributed by atoms with van der Waals surface area (Å²) >= 11 is 0. The number of aliphatic imine (C=N–C) groups is 1. The number of hydrogen-bond acceptors (Lipinski definition) is 1. The van der Waals surface area contributed by atoms with Crippen LogP contribution in [0.2, 0.25) is 0 Å². The fraction of sp³-hybridized carbons (Fsp3) is 0.900. The van der Waals surface area contributed by atoms with Crippen LogP contribution in [-0.2, 0) is 0 Å². The first-order valence-electron chi connectivity index (χ1n) is 5.33. The lowest BCUT2D eigenvalue weighted by atomic mass is 10.2. The zero-order valence-electron chi connectivity index (χ0n) is 9.74. The SMILES string of the molecule is C[N+]1(C)CC[N+](C)(CCN=CN)CC1. The number of hydrogen-bond donors (Lipinski definition) is 1. The van der Waals surface area contributed by atoms with Crippen molar-refractivity contribution in [2.75, 3.05) is 60.4 Å². The lowest BCUT2D eigenvalue weighted by molar-refractivity contribution is -1.01. The normalized spacial score (nSPS) is 25.4. The molecule has 1 saturated heterocycles. The average Bonchev–Trinajstić information content (AvgIpc) is 2.12. The van der Waals surface area contributed by atoms with Crippen LogP contribution in [0, 0.1) is 0 Å². The third-order valence-electron chi connectivity index (χ3n) is 3.36. The molecular weight excluding hydrogens is 176 g/mol. The summed E-state index contributed by atoms with van der Waals surface area (Å²) in [6.07, 6.45) is 1.41. The smallest absolute Gasteiger partial charge is 0.128 e. The molecule has 14 heavy (non-hydrogen) atoms. The van der Waals surface area contributed by atoms with Crippen molar-refractivity contribution in [1.29, 1.82) is 0 Å². The fourth-order valence-corrected chi connectivity index (χ4v) is 1.85. The van der Waals surface area contributed by atoms with Crippen molar-refractivity contribution in [3.63, 3.8) is 0 Å². The third-order valence-corrected chi connectivity index (χ3v) is 3.36. The van der Waals surface area contributed by atoms with Crippen molar-refractivity contribution in [3.05, 3.63) is 0 Å². The lowest BCUT2D eigenvalue weighted by Gasteiger charge is -2.44. The summed E-state index contributed by atoms with van der Waals surface area (Å²) in [4.78, 5) is 4.08. The molecule has 2 N–H and O–H groups in total. The Morgan fingerprint density at radius 1 is 1.14 bits per heavy atom. The Hall–Kier alpha value is -0.610. The van der Waals surface area contributed by atoms with E-state index >= 15 is 0 Å². The van der Waals surface area contributed by atoms with Crippen LogP contribution in [0.25, 0.3) is 0 Å². The molecule has 82 valence electrons. The molecule has 0 bridgehead atoms. The van der Waals surface area contributed by atoms with Crippen LogP contribution in [-0.4, -0.2) is 75.7 Å². The first-order valence-corrected chi connectivity index (χ1v) is 5.33. The van der Waals surface area contributed by atoms with Crippen molar-refractivity contribution in [2.24, 2.45) is 10.7 Å². The van der Waals surface area contributed by atoms with Gasteiger partial charge in [-0.15, -0.1) is 0 Å². The van der Waals surface area contributed by atoms with Gasteiger partial charge < -0.3 is 14.7 Å². The maximum absolute atomic E-state index is 5.23. The van der Waals surface area contributed by atoms with Crippen LogP contribution < -0.4 is 5.73 Å². The zero-order valence-corrected chi connectivity index (χ0v) is 9.74. The van der Waals surface area contributed by atoms with Crippen molar-refractivity contribution >= 4 is 6.34 Å². The Labute approximate surface area is 87.2 Å². The first-order chi connectivity index (χ1) is 6.47. The molecule has 1 heterocycles. The van der Waals surface area contributed by atoms with Gasteiger partial charge in [-0.25, -0.2) is 0 Å². The molecule has 4 nitrogen and oxygen atoms in total. The highest BCUT2D eigenvalue weighted by molar-refractivity contribution is 5.50. The van der Waals surface area contributed by atoms with E-state index in [9.17, 15) is 0 Å². The molecule has 1 rings (SSSR count). The van der Waals surface area contributed by atoms with Gasteiger partial charge in [0, 0.05) is 0 Å². The molecule has 0 aliphatic carbocycles. The van der Waals surface area contributed by atoms with Gasteiger partial charge in [0.2, 0.25) is 0 Å². The number of quaternary nitrogens is 2. The second-order valence-corrected chi connectivity index (χ2v) is 5.23. The molecular formula is C10H24N4+2. The number of nitrogens with zero attached hydrogens (tertiary/aromatic N) is 3. The Balaban J connectivity index is 2.37. The second-order valence-electron chi connectivity index (χ2n) is 5.23. The first kappa shape index (κ1) is 11.5. The lowest BCUT2D eigenvalue weighted by Crippen LogP contribution is -2.63. The van der Waals surface area contributed by atoms with Crippen molar-refractivity contribution in [1.82, 2.24) is 0 Å². The minimum absolute atomic E-state index is 0.862. The fourth-order valence-electron chi connectivity index (χ4n) is 1.85.